The Labute approximate surface area is 439 Å². The molecule has 0 unspecified atom stereocenters. The maximum atomic E-state index is 12.0. The van der Waals surface area contributed by atoms with Gasteiger partial charge in [0.25, 0.3) is 0 Å². The highest BCUT2D eigenvalue weighted by molar-refractivity contribution is 6.16. The fourth-order valence-electron chi connectivity index (χ4n) is 11.1. The minimum absolute atomic E-state index is 0.0807. The fraction of sp³-hybridized carbons (Fsp3) is 0.232. The topological polar surface area (TPSA) is 72.6 Å². The SMILES string of the molecule is CC(C)(C)c1ccc2c(c1)c1cc(C(C)(C)C)ccc1n2-c1cc2c(oc3c(-c4nc(-c5ccccc5)cc(-c5ccccc5)n4)cccc32)c(C#N)c1-n1c2ccc(C(C)(C)C)cc2c2cc(C(C)(C)C)ccc21. The number of hydrogen-bond donors (Lipinski definition) is 0. The number of benzene rings is 8. The molecule has 0 amide bonds. The van der Waals surface area contributed by atoms with E-state index in [1.165, 1.54) is 33.0 Å². The van der Waals surface area contributed by atoms with Crippen molar-refractivity contribution in [1.29, 1.82) is 5.26 Å². The summed E-state index contributed by atoms with van der Waals surface area (Å²) in [6, 6.07) is 61.5. The van der Waals surface area contributed by atoms with Crippen molar-refractivity contribution in [2.45, 2.75) is 105 Å². The van der Waals surface area contributed by atoms with Gasteiger partial charge in [-0.2, -0.15) is 5.26 Å². The van der Waals surface area contributed by atoms with Crippen LogP contribution in [0.1, 0.15) is 111 Å². The predicted molar refractivity (Wildman–Crippen MR) is 314 cm³/mol. The summed E-state index contributed by atoms with van der Waals surface area (Å²) in [6.07, 6.45) is 0. The second kappa shape index (κ2) is 16.9. The molecule has 370 valence electrons. The summed E-state index contributed by atoms with van der Waals surface area (Å²) >= 11 is 0. The van der Waals surface area contributed by atoms with E-state index in [4.69, 9.17) is 14.4 Å². The van der Waals surface area contributed by atoms with Gasteiger partial charge in [0.15, 0.2) is 11.4 Å². The molecule has 0 aliphatic heterocycles. The summed E-state index contributed by atoms with van der Waals surface area (Å²) in [6.45, 7) is 27.3. The van der Waals surface area contributed by atoms with E-state index in [1.54, 1.807) is 0 Å². The molecule has 0 saturated carbocycles. The Morgan fingerprint density at radius 1 is 0.400 bits per heavy atom. The van der Waals surface area contributed by atoms with Crippen molar-refractivity contribution in [2.24, 2.45) is 0 Å². The Kier molecular flexibility index (Phi) is 10.7. The van der Waals surface area contributed by atoms with Gasteiger partial charge in [0.1, 0.15) is 17.2 Å². The van der Waals surface area contributed by atoms with E-state index in [9.17, 15) is 5.26 Å². The molecule has 0 radical (unpaired) electrons. The van der Waals surface area contributed by atoms with Crippen molar-refractivity contribution in [2.75, 3.05) is 0 Å². The highest BCUT2D eigenvalue weighted by Gasteiger charge is 2.30. The lowest BCUT2D eigenvalue weighted by Gasteiger charge is -2.21. The van der Waals surface area contributed by atoms with Crippen molar-refractivity contribution >= 4 is 65.6 Å². The zero-order valence-electron chi connectivity index (χ0n) is 45.2. The molecule has 0 saturated heterocycles. The van der Waals surface area contributed by atoms with Gasteiger partial charge in [-0.1, -0.05) is 180 Å². The van der Waals surface area contributed by atoms with Crippen LogP contribution in [0.2, 0.25) is 0 Å². The summed E-state index contributed by atoms with van der Waals surface area (Å²) in [5.41, 5.74) is 16.4. The normalized spacial score (nSPS) is 12.8. The number of fused-ring (bicyclic) bond motifs is 9. The summed E-state index contributed by atoms with van der Waals surface area (Å²) < 4.78 is 12.0. The van der Waals surface area contributed by atoms with E-state index in [0.29, 0.717) is 22.6 Å². The number of furan rings is 1. The van der Waals surface area contributed by atoms with Gasteiger partial charge < -0.3 is 13.6 Å². The first-order valence-electron chi connectivity index (χ1n) is 26.3. The van der Waals surface area contributed by atoms with Gasteiger partial charge in [-0.25, -0.2) is 9.97 Å². The molecule has 8 aromatic carbocycles. The van der Waals surface area contributed by atoms with Crippen LogP contribution in [0.15, 0.2) is 168 Å². The third-order valence-corrected chi connectivity index (χ3v) is 15.4. The van der Waals surface area contributed by atoms with E-state index >= 15 is 0 Å². The molecule has 0 spiro atoms. The van der Waals surface area contributed by atoms with Gasteiger partial charge in [-0.05, 0) is 111 Å². The summed E-state index contributed by atoms with van der Waals surface area (Å²) in [5, 5.41) is 18.4. The highest BCUT2D eigenvalue weighted by Crippen LogP contribution is 2.47. The van der Waals surface area contributed by atoms with E-state index < -0.39 is 0 Å². The van der Waals surface area contributed by atoms with Gasteiger partial charge in [0, 0.05) is 43.4 Å². The number of hydrogen-bond acceptors (Lipinski definition) is 4. The summed E-state index contributed by atoms with van der Waals surface area (Å²) in [4.78, 5) is 10.5. The fourth-order valence-corrected chi connectivity index (χ4v) is 11.1. The summed E-state index contributed by atoms with van der Waals surface area (Å²) in [7, 11) is 0. The molecule has 0 fully saturated rings. The van der Waals surface area contributed by atoms with E-state index in [2.05, 4.69) is 220 Å². The Balaban J connectivity index is 1.25. The maximum Gasteiger partial charge on any atom is 0.164 e. The number of para-hydroxylation sites is 1. The minimum Gasteiger partial charge on any atom is -0.454 e. The Hall–Kier alpha value is -8.27. The monoisotopic (exact) mass is 978 g/mol. The second-order valence-corrected chi connectivity index (χ2v) is 24.7. The smallest absolute Gasteiger partial charge is 0.164 e. The average Bonchev–Trinajstić information content (AvgIpc) is 4.18. The lowest BCUT2D eigenvalue weighted by molar-refractivity contribution is 0.590. The van der Waals surface area contributed by atoms with Crippen LogP contribution >= 0.6 is 0 Å². The molecule has 75 heavy (non-hydrogen) atoms. The highest BCUT2D eigenvalue weighted by atomic mass is 16.3. The zero-order valence-corrected chi connectivity index (χ0v) is 45.2. The molecule has 0 aliphatic rings. The first kappa shape index (κ1) is 47.7. The quantitative estimate of drug-likeness (QED) is 0.172. The Bertz CT molecular complexity index is 4120. The molecule has 0 N–H and O–H groups in total. The van der Waals surface area contributed by atoms with Crippen LogP contribution in [-0.2, 0) is 21.7 Å². The molecule has 6 nitrogen and oxygen atoms in total. The predicted octanol–water partition coefficient (Wildman–Crippen LogP) is 18.6. The van der Waals surface area contributed by atoms with Gasteiger partial charge >= 0.3 is 0 Å². The molecule has 12 rings (SSSR count). The number of aromatic nitrogens is 4. The number of nitriles is 1. The third kappa shape index (κ3) is 7.91. The van der Waals surface area contributed by atoms with Gasteiger partial charge in [-0.15, -0.1) is 0 Å². The standard InChI is InChI=1S/C69H63N5O/c1-66(2,3)43-26-30-57-49(34-43)50-35-44(67(4,5)6)27-31-58(50)73(57)61-38-53-47-24-19-25-48(65-71-55(41-20-15-13-16-21-41)39-56(72-65)42-22-17-14-18-23-42)63(47)75-64(53)54(40-70)62(61)74-59-32-28-45(68(7,8)9)36-51(59)52-37-46(69(10,11)12)29-33-60(52)74/h13-39H,1-12H3. The Morgan fingerprint density at radius 3 is 1.21 bits per heavy atom. The van der Waals surface area contributed by atoms with Crippen molar-refractivity contribution < 1.29 is 4.42 Å². The first-order chi connectivity index (χ1) is 35.7. The summed E-state index contributed by atoms with van der Waals surface area (Å²) in [5.74, 6) is 0.539. The van der Waals surface area contributed by atoms with Crippen molar-refractivity contribution in [3.8, 4) is 51.3 Å². The maximum absolute atomic E-state index is 12.0. The van der Waals surface area contributed by atoms with Crippen LogP contribution in [0, 0.1) is 11.3 Å². The molecular formula is C69H63N5O. The molecule has 0 bridgehead atoms. The molecule has 6 heteroatoms. The lowest BCUT2D eigenvalue weighted by atomic mass is 9.85. The third-order valence-electron chi connectivity index (χ3n) is 15.4. The molecule has 12 aromatic rings. The molecule has 4 heterocycles. The first-order valence-corrected chi connectivity index (χ1v) is 26.3. The van der Waals surface area contributed by atoms with Gasteiger partial charge in [0.05, 0.1) is 50.4 Å². The lowest BCUT2D eigenvalue weighted by Crippen LogP contribution is -2.11. The Morgan fingerprint density at radius 2 is 0.813 bits per heavy atom. The molecular weight excluding hydrogens is 915 g/mol. The van der Waals surface area contributed by atoms with E-state index in [-0.39, 0.29) is 21.7 Å². The van der Waals surface area contributed by atoms with Crippen molar-refractivity contribution in [3.05, 3.63) is 192 Å². The minimum atomic E-state index is -0.0922. The van der Waals surface area contributed by atoms with Crippen LogP contribution in [0.3, 0.4) is 0 Å². The molecule has 4 aromatic heterocycles. The largest absolute Gasteiger partial charge is 0.454 e. The zero-order chi connectivity index (χ0) is 52.5. The van der Waals surface area contributed by atoms with Crippen molar-refractivity contribution in [1.82, 2.24) is 19.1 Å². The van der Waals surface area contributed by atoms with Gasteiger partial charge in [0.2, 0.25) is 0 Å². The van der Waals surface area contributed by atoms with Crippen LogP contribution in [0.25, 0.3) is 111 Å². The number of rotatable bonds is 5. The van der Waals surface area contributed by atoms with E-state index in [0.717, 1.165) is 83.1 Å². The van der Waals surface area contributed by atoms with E-state index in [1.807, 2.05) is 42.5 Å². The van der Waals surface area contributed by atoms with Crippen LogP contribution in [0.5, 0.6) is 0 Å². The van der Waals surface area contributed by atoms with Gasteiger partial charge in [-0.3, -0.25) is 0 Å². The average molecular weight is 978 g/mol. The van der Waals surface area contributed by atoms with Crippen molar-refractivity contribution in [3.63, 3.8) is 0 Å². The molecule has 0 aliphatic carbocycles. The number of nitrogens with zero attached hydrogens (tertiary/aromatic N) is 5. The van der Waals surface area contributed by atoms with Crippen LogP contribution in [-0.4, -0.2) is 19.1 Å². The second-order valence-electron chi connectivity index (χ2n) is 24.7. The van der Waals surface area contributed by atoms with Crippen LogP contribution in [0.4, 0.5) is 0 Å². The van der Waals surface area contributed by atoms with Crippen LogP contribution < -0.4 is 0 Å². The molecule has 0 atom stereocenters.